The van der Waals surface area contributed by atoms with Gasteiger partial charge in [-0.1, -0.05) is 23.4 Å². The molecule has 1 aromatic heterocycles. The van der Waals surface area contributed by atoms with Crippen LogP contribution in [0.15, 0.2) is 44.7 Å². The van der Waals surface area contributed by atoms with Crippen molar-refractivity contribution >= 4 is 41.7 Å². The highest BCUT2D eigenvalue weighted by molar-refractivity contribution is 14.0. The fraction of sp³-hybridized carbons (Fsp3) is 0.500. The molecule has 1 fully saturated rings. The van der Waals surface area contributed by atoms with Gasteiger partial charge in [0, 0.05) is 29.2 Å². The van der Waals surface area contributed by atoms with E-state index < -0.39 is 0 Å². The Morgan fingerprint density at radius 2 is 2.04 bits per heavy atom. The van der Waals surface area contributed by atoms with Gasteiger partial charge in [0.05, 0.1) is 6.54 Å². The fourth-order valence-electron chi connectivity index (χ4n) is 2.46. The molecule has 142 valence electrons. The van der Waals surface area contributed by atoms with Crippen LogP contribution in [-0.2, 0) is 6.42 Å². The lowest BCUT2D eigenvalue weighted by Gasteiger charge is -2.15. The van der Waals surface area contributed by atoms with Gasteiger partial charge in [0.2, 0.25) is 5.89 Å². The summed E-state index contributed by atoms with van der Waals surface area (Å²) in [6.07, 6.45) is 3.13. The van der Waals surface area contributed by atoms with Gasteiger partial charge in [-0.05, 0) is 38.8 Å². The van der Waals surface area contributed by atoms with Gasteiger partial charge in [0.1, 0.15) is 0 Å². The van der Waals surface area contributed by atoms with E-state index in [1.54, 1.807) is 0 Å². The first-order chi connectivity index (χ1) is 12.2. The number of aryl methyl sites for hydroxylation is 1. The van der Waals surface area contributed by atoms with Gasteiger partial charge in [-0.2, -0.15) is 4.98 Å². The molecule has 6 nitrogen and oxygen atoms in total. The molecule has 0 bridgehead atoms. The second-order valence-corrected chi connectivity index (χ2v) is 7.75. The van der Waals surface area contributed by atoms with Crippen LogP contribution in [0.3, 0.4) is 0 Å². The number of aliphatic imine (C=N–C) groups is 1. The van der Waals surface area contributed by atoms with Crippen molar-refractivity contribution in [1.82, 2.24) is 20.8 Å². The fourth-order valence-corrected chi connectivity index (χ4v) is 3.69. The third-order valence-corrected chi connectivity index (χ3v) is 5.43. The van der Waals surface area contributed by atoms with Crippen molar-refractivity contribution in [2.24, 2.45) is 4.99 Å². The van der Waals surface area contributed by atoms with Crippen molar-refractivity contribution in [3.05, 3.63) is 42.0 Å². The molecule has 3 rings (SSSR count). The predicted molar refractivity (Wildman–Crippen MR) is 116 cm³/mol. The smallest absolute Gasteiger partial charge is 0.228 e. The normalized spacial score (nSPS) is 15.2. The van der Waals surface area contributed by atoms with Crippen LogP contribution in [0.2, 0.25) is 0 Å². The standard InChI is InChI=1S/C18H25N5OS.HI/c1-3-19-17(20-12-9-16-22-14(2)23-24-16)21-13-18(10-11-18)25-15-7-5-4-6-8-15;/h4-8H,3,9-13H2,1-2H3,(H2,19,20,21);1H. The van der Waals surface area contributed by atoms with E-state index in [0.29, 0.717) is 24.7 Å². The molecule has 1 saturated carbocycles. The molecule has 1 heterocycles. The van der Waals surface area contributed by atoms with E-state index in [1.165, 1.54) is 17.7 Å². The van der Waals surface area contributed by atoms with Crippen LogP contribution >= 0.6 is 35.7 Å². The van der Waals surface area contributed by atoms with Crippen molar-refractivity contribution in [2.45, 2.75) is 42.8 Å². The SMILES string of the molecule is CCNC(=NCC1(Sc2ccccc2)CC1)NCCc1nc(C)no1.I. The van der Waals surface area contributed by atoms with Gasteiger partial charge < -0.3 is 15.2 Å². The molecule has 26 heavy (non-hydrogen) atoms. The first-order valence-electron chi connectivity index (χ1n) is 8.74. The van der Waals surface area contributed by atoms with Crippen molar-refractivity contribution in [3.8, 4) is 0 Å². The summed E-state index contributed by atoms with van der Waals surface area (Å²) in [5.41, 5.74) is 0. The van der Waals surface area contributed by atoms with Crippen molar-refractivity contribution in [1.29, 1.82) is 0 Å². The Morgan fingerprint density at radius 3 is 2.65 bits per heavy atom. The Hall–Kier alpha value is -1.29. The number of guanidine groups is 1. The number of nitrogens with zero attached hydrogens (tertiary/aromatic N) is 3. The van der Waals surface area contributed by atoms with Gasteiger partial charge in [-0.3, -0.25) is 4.99 Å². The van der Waals surface area contributed by atoms with Crippen molar-refractivity contribution in [3.63, 3.8) is 0 Å². The average Bonchev–Trinajstić information content (AvgIpc) is 3.25. The van der Waals surface area contributed by atoms with Gasteiger partial charge in [-0.25, -0.2) is 0 Å². The third-order valence-electron chi connectivity index (χ3n) is 3.96. The summed E-state index contributed by atoms with van der Waals surface area (Å²) >= 11 is 1.94. The van der Waals surface area contributed by atoms with Gasteiger partial charge >= 0.3 is 0 Å². The Kier molecular flexibility index (Phi) is 8.20. The van der Waals surface area contributed by atoms with Crippen LogP contribution in [0.1, 0.15) is 31.5 Å². The summed E-state index contributed by atoms with van der Waals surface area (Å²) in [4.78, 5) is 10.3. The largest absolute Gasteiger partial charge is 0.357 e. The lowest BCUT2D eigenvalue weighted by molar-refractivity contribution is 0.374. The molecule has 2 aromatic rings. The second kappa shape index (κ2) is 10.1. The molecule has 0 saturated heterocycles. The quantitative estimate of drug-likeness (QED) is 0.338. The van der Waals surface area contributed by atoms with Crippen LogP contribution in [0, 0.1) is 6.92 Å². The zero-order chi connectivity index (χ0) is 17.5. The molecule has 0 amide bonds. The maximum absolute atomic E-state index is 5.13. The van der Waals surface area contributed by atoms with Crippen LogP contribution in [-0.4, -0.2) is 40.5 Å². The van der Waals surface area contributed by atoms with E-state index in [2.05, 4.69) is 58.0 Å². The van der Waals surface area contributed by atoms with Crippen LogP contribution < -0.4 is 10.6 Å². The number of nitrogens with one attached hydrogen (secondary N) is 2. The maximum atomic E-state index is 5.13. The number of hydrogen-bond donors (Lipinski definition) is 2. The van der Waals surface area contributed by atoms with Crippen molar-refractivity contribution < 1.29 is 4.52 Å². The molecule has 1 aliphatic rings. The predicted octanol–water partition coefficient (Wildman–Crippen LogP) is 3.42. The van der Waals surface area contributed by atoms with E-state index in [0.717, 1.165) is 19.0 Å². The Labute approximate surface area is 176 Å². The lowest BCUT2D eigenvalue weighted by Crippen LogP contribution is -2.39. The zero-order valence-corrected chi connectivity index (χ0v) is 18.3. The summed E-state index contributed by atoms with van der Waals surface area (Å²) in [5, 5.41) is 10.5. The number of rotatable bonds is 8. The third kappa shape index (κ3) is 6.46. The number of benzene rings is 1. The Bertz CT molecular complexity index is 703. The highest BCUT2D eigenvalue weighted by atomic mass is 127. The molecule has 0 atom stereocenters. The molecule has 0 aliphatic heterocycles. The molecule has 8 heteroatoms. The maximum Gasteiger partial charge on any atom is 0.228 e. The van der Waals surface area contributed by atoms with E-state index >= 15 is 0 Å². The minimum atomic E-state index is 0. The van der Waals surface area contributed by atoms with E-state index in [1.807, 2.05) is 18.7 Å². The molecule has 0 unspecified atom stereocenters. The minimum absolute atomic E-state index is 0. The summed E-state index contributed by atoms with van der Waals surface area (Å²) in [5.74, 6) is 2.17. The molecule has 1 aromatic carbocycles. The number of hydrogen-bond acceptors (Lipinski definition) is 5. The van der Waals surface area contributed by atoms with E-state index in [4.69, 9.17) is 9.52 Å². The summed E-state index contributed by atoms with van der Waals surface area (Å²) in [6.45, 7) is 6.27. The molecular weight excluding hydrogens is 461 g/mol. The summed E-state index contributed by atoms with van der Waals surface area (Å²) in [7, 11) is 0. The highest BCUT2D eigenvalue weighted by Gasteiger charge is 2.43. The molecule has 0 radical (unpaired) electrons. The molecule has 1 aliphatic carbocycles. The van der Waals surface area contributed by atoms with Crippen LogP contribution in [0.25, 0.3) is 0 Å². The van der Waals surface area contributed by atoms with Crippen LogP contribution in [0.5, 0.6) is 0 Å². The summed E-state index contributed by atoms with van der Waals surface area (Å²) in [6, 6.07) is 10.6. The van der Waals surface area contributed by atoms with Crippen molar-refractivity contribution in [2.75, 3.05) is 19.6 Å². The highest BCUT2D eigenvalue weighted by Crippen LogP contribution is 2.51. The Balaban J connectivity index is 0.00000243. The number of thioether (sulfide) groups is 1. The molecule has 2 N–H and O–H groups in total. The second-order valence-electron chi connectivity index (χ2n) is 6.21. The van der Waals surface area contributed by atoms with E-state index in [-0.39, 0.29) is 28.7 Å². The molecule has 0 spiro atoms. The first-order valence-corrected chi connectivity index (χ1v) is 9.56. The molecular formula is C18H26IN5OS. The zero-order valence-electron chi connectivity index (χ0n) is 15.2. The lowest BCUT2D eigenvalue weighted by atomic mass is 10.4. The minimum Gasteiger partial charge on any atom is -0.357 e. The van der Waals surface area contributed by atoms with E-state index in [9.17, 15) is 0 Å². The monoisotopic (exact) mass is 487 g/mol. The van der Waals surface area contributed by atoms with Gasteiger partial charge in [-0.15, -0.1) is 35.7 Å². The number of halogens is 1. The van der Waals surface area contributed by atoms with Crippen LogP contribution in [0.4, 0.5) is 0 Å². The number of aromatic nitrogens is 2. The first kappa shape index (κ1) is 21.0. The average molecular weight is 487 g/mol. The van der Waals surface area contributed by atoms with Gasteiger partial charge in [0.15, 0.2) is 11.8 Å². The van der Waals surface area contributed by atoms with Gasteiger partial charge in [0.25, 0.3) is 0 Å². The topological polar surface area (TPSA) is 75.3 Å². The summed E-state index contributed by atoms with van der Waals surface area (Å²) < 4.78 is 5.39. The Morgan fingerprint density at radius 1 is 1.27 bits per heavy atom.